The maximum atomic E-state index is 11.6. The molecular formula is C28H32N2O6. The largest absolute Gasteiger partial charge is 0.497 e. The number of carbonyl (C=O) groups is 1. The second-order valence-corrected chi connectivity index (χ2v) is 9.01. The first-order valence-electron chi connectivity index (χ1n) is 11.6. The van der Waals surface area contributed by atoms with Crippen LogP contribution < -0.4 is 19.9 Å². The lowest BCUT2D eigenvalue weighted by atomic mass is 9.78. The Morgan fingerprint density at radius 1 is 0.806 bits per heavy atom. The topological polar surface area (TPSA) is 103 Å². The minimum atomic E-state index is -1.04. The molecule has 8 nitrogen and oxygen atoms in total. The Hall–Kier alpha value is -3.75. The van der Waals surface area contributed by atoms with E-state index >= 15 is 0 Å². The third-order valence-electron chi connectivity index (χ3n) is 6.78. The lowest BCUT2D eigenvalue weighted by molar-refractivity contribution is -0.110. The van der Waals surface area contributed by atoms with Gasteiger partial charge in [0, 0.05) is 13.1 Å². The molecule has 1 fully saturated rings. The molecule has 4 rings (SSSR count). The average molecular weight is 493 g/mol. The van der Waals surface area contributed by atoms with Crippen molar-refractivity contribution in [2.75, 3.05) is 47.6 Å². The highest BCUT2D eigenvalue weighted by Gasteiger charge is 2.48. The van der Waals surface area contributed by atoms with Crippen LogP contribution in [-0.2, 0) is 10.3 Å². The number of nitrogens with zero attached hydrogens (tertiary/aromatic N) is 1. The van der Waals surface area contributed by atoms with Gasteiger partial charge in [0.25, 0.3) is 0 Å². The van der Waals surface area contributed by atoms with Gasteiger partial charge < -0.3 is 34.7 Å². The zero-order valence-corrected chi connectivity index (χ0v) is 20.8. The number of ether oxygens (including phenoxy) is 4. The molecule has 0 radical (unpaired) electrons. The Morgan fingerprint density at radius 3 is 1.44 bits per heavy atom. The highest BCUT2D eigenvalue weighted by Crippen LogP contribution is 2.44. The monoisotopic (exact) mass is 492 g/mol. The summed E-state index contributed by atoms with van der Waals surface area (Å²) in [4.78, 5) is 13.1. The molecule has 3 aromatic rings. The Balaban J connectivity index is 1.85. The van der Waals surface area contributed by atoms with Gasteiger partial charge in [0.1, 0.15) is 22.8 Å². The fourth-order valence-electron chi connectivity index (χ4n) is 4.64. The molecule has 0 aromatic heterocycles. The van der Waals surface area contributed by atoms with Gasteiger partial charge in [0.05, 0.1) is 40.0 Å². The second kappa shape index (κ2) is 10.5. The molecule has 1 aliphatic rings. The SMILES string of the molecule is COc1ccc(C(OCC2(CO)CN(C(N)=O)C2)(c2ccc(OC)cc2)c2ccc(OC)cc2)cc1. The normalized spacial score (nSPS) is 14.6. The highest BCUT2D eigenvalue weighted by molar-refractivity contribution is 5.73. The van der Waals surface area contributed by atoms with Crippen LogP contribution in [0.15, 0.2) is 72.8 Å². The van der Waals surface area contributed by atoms with Gasteiger partial charge in [-0.2, -0.15) is 0 Å². The molecule has 3 N–H and O–H groups in total. The Kier molecular flexibility index (Phi) is 7.37. The van der Waals surface area contributed by atoms with Crippen molar-refractivity contribution in [1.29, 1.82) is 0 Å². The van der Waals surface area contributed by atoms with Gasteiger partial charge in [-0.25, -0.2) is 4.79 Å². The van der Waals surface area contributed by atoms with Gasteiger partial charge in [0.15, 0.2) is 0 Å². The smallest absolute Gasteiger partial charge is 0.314 e. The van der Waals surface area contributed by atoms with E-state index in [-0.39, 0.29) is 13.2 Å². The van der Waals surface area contributed by atoms with Crippen LogP contribution in [0.2, 0.25) is 0 Å². The summed E-state index contributed by atoms with van der Waals surface area (Å²) in [6, 6.07) is 22.6. The van der Waals surface area contributed by atoms with Crippen molar-refractivity contribution in [3.05, 3.63) is 89.5 Å². The molecule has 2 amide bonds. The fraction of sp³-hybridized carbons (Fsp3) is 0.321. The molecule has 0 atom stereocenters. The molecule has 0 aliphatic carbocycles. The number of hydrogen-bond acceptors (Lipinski definition) is 6. The maximum absolute atomic E-state index is 11.6. The summed E-state index contributed by atoms with van der Waals surface area (Å²) >= 11 is 0. The highest BCUT2D eigenvalue weighted by atomic mass is 16.5. The lowest BCUT2D eigenvalue weighted by Crippen LogP contribution is -2.64. The molecule has 1 heterocycles. The predicted octanol–water partition coefficient (Wildman–Crippen LogP) is 3.39. The van der Waals surface area contributed by atoms with Crippen molar-refractivity contribution >= 4 is 6.03 Å². The number of amides is 2. The average Bonchev–Trinajstić information content (AvgIpc) is 2.90. The summed E-state index contributed by atoms with van der Waals surface area (Å²) < 4.78 is 23.0. The fourth-order valence-corrected chi connectivity index (χ4v) is 4.64. The molecule has 190 valence electrons. The van der Waals surface area contributed by atoms with E-state index in [0.717, 1.165) is 33.9 Å². The quantitative estimate of drug-likeness (QED) is 0.421. The lowest BCUT2D eigenvalue weighted by Gasteiger charge is -2.50. The van der Waals surface area contributed by atoms with Crippen LogP contribution in [0.4, 0.5) is 4.79 Å². The van der Waals surface area contributed by atoms with E-state index in [1.54, 1.807) is 21.3 Å². The first kappa shape index (κ1) is 25.3. The molecule has 3 aromatic carbocycles. The van der Waals surface area contributed by atoms with E-state index < -0.39 is 17.0 Å². The van der Waals surface area contributed by atoms with Gasteiger partial charge >= 0.3 is 6.03 Å². The number of urea groups is 1. The first-order valence-corrected chi connectivity index (χ1v) is 11.6. The number of aliphatic hydroxyl groups excluding tert-OH is 1. The van der Waals surface area contributed by atoms with Crippen LogP contribution in [-0.4, -0.2) is 63.7 Å². The van der Waals surface area contributed by atoms with Crippen LogP contribution in [0, 0.1) is 5.41 Å². The van der Waals surface area contributed by atoms with E-state index in [1.165, 1.54) is 4.90 Å². The van der Waals surface area contributed by atoms with E-state index in [1.807, 2.05) is 72.8 Å². The predicted molar refractivity (Wildman–Crippen MR) is 135 cm³/mol. The summed E-state index contributed by atoms with van der Waals surface area (Å²) in [6.07, 6.45) is 0. The minimum Gasteiger partial charge on any atom is -0.497 e. The van der Waals surface area contributed by atoms with E-state index in [4.69, 9.17) is 24.7 Å². The third-order valence-corrected chi connectivity index (χ3v) is 6.78. The molecule has 8 heteroatoms. The summed E-state index contributed by atoms with van der Waals surface area (Å²) in [5, 5.41) is 10.2. The standard InChI is InChI=1S/C28H32N2O6/c1-33-23-10-4-20(5-11-23)28(21-6-12-24(34-2)13-7-21,22-8-14-25(35-3)15-9-22)36-19-27(18-31)16-30(17-27)26(29)32/h4-15,31H,16-19H2,1-3H3,(H2,29,32). The van der Waals surface area contributed by atoms with Crippen LogP contribution in [0.25, 0.3) is 0 Å². The first-order chi connectivity index (χ1) is 17.4. The van der Waals surface area contributed by atoms with Gasteiger partial charge in [-0.1, -0.05) is 36.4 Å². The maximum Gasteiger partial charge on any atom is 0.314 e. The zero-order chi connectivity index (χ0) is 25.8. The molecule has 0 unspecified atom stereocenters. The number of benzene rings is 3. The summed E-state index contributed by atoms with van der Waals surface area (Å²) in [6.45, 7) is 0.698. The van der Waals surface area contributed by atoms with Crippen molar-refractivity contribution in [3.63, 3.8) is 0 Å². The second-order valence-electron chi connectivity index (χ2n) is 9.01. The number of hydrogen-bond donors (Lipinski definition) is 2. The molecule has 0 bridgehead atoms. The van der Waals surface area contributed by atoms with E-state index in [9.17, 15) is 9.90 Å². The minimum absolute atomic E-state index is 0.138. The van der Waals surface area contributed by atoms with Crippen LogP contribution in [0.5, 0.6) is 17.2 Å². The Bertz CT molecular complexity index is 1040. The van der Waals surface area contributed by atoms with E-state index in [0.29, 0.717) is 13.1 Å². The number of aliphatic hydroxyl groups is 1. The number of carbonyl (C=O) groups excluding carboxylic acids is 1. The molecule has 0 saturated carbocycles. The van der Waals surface area contributed by atoms with Crippen molar-refractivity contribution in [1.82, 2.24) is 4.90 Å². The Morgan fingerprint density at radius 2 is 1.17 bits per heavy atom. The number of likely N-dealkylation sites (tertiary alicyclic amines) is 1. The van der Waals surface area contributed by atoms with Gasteiger partial charge in [-0.05, 0) is 53.1 Å². The molecule has 36 heavy (non-hydrogen) atoms. The van der Waals surface area contributed by atoms with Crippen LogP contribution in [0.3, 0.4) is 0 Å². The molecule has 1 aliphatic heterocycles. The van der Waals surface area contributed by atoms with E-state index in [2.05, 4.69) is 0 Å². The molecule has 1 saturated heterocycles. The Labute approximate surface area is 211 Å². The zero-order valence-electron chi connectivity index (χ0n) is 20.8. The van der Waals surface area contributed by atoms with Crippen molar-refractivity contribution < 1.29 is 28.8 Å². The van der Waals surface area contributed by atoms with Crippen molar-refractivity contribution in [3.8, 4) is 17.2 Å². The number of primary amides is 1. The number of rotatable bonds is 10. The molecular weight excluding hydrogens is 460 g/mol. The van der Waals surface area contributed by atoms with Gasteiger partial charge in [0.2, 0.25) is 0 Å². The summed E-state index contributed by atoms with van der Waals surface area (Å²) in [5.41, 5.74) is 6.40. The van der Waals surface area contributed by atoms with Crippen molar-refractivity contribution in [2.45, 2.75) is 5.60 Å². The number of methoxy groups -OCH3 is 3. The van der Waals surface area contributed by atoms with Crippen LogP contribution >= 0.6 is 0 Å². The summed E-state index contributed by atoms with van der Waals surface area (Å²) in [5.74, 6) is 2.17. The third kappa shape index (κ3) is 4.69. The number of nitrogens with two attached hydrogens (primary N) is 1. The van der Waals surface area contributed by atoms with Gasteiger partial charge in [-0.15, -0.1) is 0 Å². The van der Waals surface area contributed by atoms with Gasteiger partial charge in [-0.3, -0.25) is 0 Å². The van der Waals surface area contributed by atoms with Crippen molar-refractivity contribution in [2.24, 2.45) is 11.1 Å². The summed E-state index contributed by atoms with van der Waals surface area (Å²) in [7, 11) is 4.87. The van der Waals surface area contributed by atoms with Crippen LogP contribution in [0.1, 0.15) is 16.7 Å². The molecule has 0 spiro atoms.